The van der Waals surface area contributed by atoms with Gasteiger partial charge in [-0.05, 0) is 30.9 Å². The second-order valence-corrected chi connectivity index (χ2v) is 5.58. The van der Waals surface area contributed by atoms with Gasteiger partial charge in [-0.25, -0.2) is 0 Å². The van der Waals surface area contributed by atoms with Crippen molar-refractivity contribution in [3.05, 3.63) is 47.0 Å². The SMILES string of the molecule is CC1=CC(O)(c2ccccc2C2OCCO2)CC1C. The maximum absolute atomic E-state index is 11.0. The van der Waals surface area contributed by atoms with Crippen molar-refractivity contribution < 1.29 is 14.6 Å². The Hall–Kier alpha value is -1.16. The van der Waals surface area contributed by atoms with Crippen LogP contribution < -0.4 is 0 Å². The zero-order valence-corrected chi connectivity index (χ0v) is 11.4. The molecule has 1 aliphatic carbocycles. The zero-order chi connectivity index (χ0) is 13.5. The van der Waals surface area contributed by atoms with Gasteiger partial charge in [-0.15, -0.1) is 0 Å². The summed E-state index contributed by atoms with van der Waals surface area (Å²) in [5.74, 6) is 0.406. The summed E-state index contributed by atoms with van der Waals surface area (Å²) in [6, 6.07) is 7.87. The third kappa shape index (κ3) is 2.22. The van der Waals surface area contributed by atoms with Crippen molar-refractivity contribution in [2.45, 2.75) is 32.2 Å². The molecule has 1 aromatic rings. The molecule has 0 bridgehead atoms. The molecular formula is C16H20O3. The van der Waals surface area contributed by atoms with E-state index in [-0.39, 0.29) is 6.29 Å². The van der Waals surface area contributed by atoms with E-state index in [0.29, 0.717) is 19.1 Å². The summed E-state index contributed by atoms with van der Waals surface area (Å²) >= 11 is 0. The summed E-state index contributed by atoms with van der Waals surface area (Å²) in [5, 5.41) is 11.0. The smallest absolute Gasteiger partial charge is 0.184 e. The standard InChI is InChI=1S/C16H20O3/c1-11-9-16(17,10-12(11)2)14-6-4-3-5-13(14)15-18-7-8-19-15/h3-6,9,12,15,17H,7-8,10H2,1-2H3. The Labute approximate surface area is 113 Å². The summed E-state index contributed by atoms with van der Waals surface area (Å²) < 4.78 is 11.2. The molecule has 0 spiro atoms. The maximum atomic E-state index is 11.0. The quantitative estimate of drug-likeness (QED) is 0.831. The monoisotopic (exact) mass is 260 g/mol. The van der Waals surface area contributed by atoms with Crippen LogP contribution in [0.3, 0.4) is 0 Å². The predicted octanol–water partition coefficient (Wildman–Crippen LogP) is 2.91. The number of hydrogen-bond donors (Lipinski definition) is 1. The van der Waals surface area contributed by atoms with Gasteiger partial charge >= 0.3 is 0 Å². The van der Waals surface area contributed by atoms with Gasteiger partial charge in [-0.2, -0.15) is 0 Å². The van der Waals surface area contributed by atoms with Gasteiger partial charge in [-0.1, -0.05) is 36.8 Å². The van der Waals surface area contributed by atoms with Crippen LogP contribution in [0.5, 0.6) is 0 Å². The lowest BCUT2D eigenvalue weighted by Gasteiger charge is -2.26. The Bertz CT molecular complexity index is 502. The molecule has 1 aromatic carbocycles. The maximum Gasteiger partial charge on any atom is 0.184 e. The van der Waals surface area contributed by atoms with E-state index >= 15 is 0 Å². The van der Waals surface area contributed by atoms with Gasteiger partial charge in [0.05, 0.1) is 13.2 Å². The van der Waals surface area contributed by atoms with Crippen molar-refractivity contribution in [2.24, 2.45) is 5.92 Å². The highest BCUT2D eigenvalue weighted by Crippen LogP contribution is 2.43. The summed E-state index contributed by atoms with van der Waals surface area (Å²) in [4.78, 5) is 0. The summed E-state index contributed by atoms with van der Waals surface area (Å²) in [6.45, 7) is 5.45. The Balaban J connectivity index is 2.01. The minimum absolute atomic E-state index is 0.343. The molecule has 3 heteroatoms. The third-order valence-corrected chi connectivity index (χ3v) is 4.16. The van der Waals surface area contributed by atoms with Crippen LogP contribution in [0, 0.1) is 5.92 Å². The van der Waals surface area contributed by atoms with E-state index < -0.39 is 5.60 Å². The summed E-state index contributed by atoms with van der Waals surface area (Å²) in [7, 11) is 0. The lowest BCUT2D eigenvalue weighted by Crippen LogP contribution is -2.24. The third-order valence-electron chi connectivity index (χ3n) is 4.16. The number of aliphatic hydroxyl groups is 1. The minimum Gasteiger partial charge on any atom is -0.381 e. The van der Waals surface area contributed by atoms with E-state index in [1.165, 1.54) is 5.57 Å². The van der Waals surface area contributed by atoms with Crippen LogP contribution in [0.15, 0.2) is 35.9 Å². The first-order valence-electron chi connectivity index (χ1n) is 6.84. The zero-order valence-electron chi connectivity index (χ0n) is 11.4. The Kier molecular flexibility index (Phi) is 3.21. The molecule has 0 saturated carbocycles. The van der Waals surface area contributed by atoms with Gasteiger partial charge in [0.1, 0.15) is 5.60 Å². The first-order chi connectivity index (χ1) is 9.10. The molecule has 102 valence electrons. The van der Waals surface area contributed by atoms with Crippen molar-refractivity contribution in [3.63, 3.8) is 0 Å². The number of benzene rings is 1. The second kappa shape index (κ2) is 4.75. The van der Waals surface area contributed by atoms with E-state index in [4.69, 9.17) is 9.47 Å². The molecule has 0 aromatic heterocycles. The van der Waals surface area contributed by atoms with E-state index in [9.17, 15) is 5.11 Å². The van der Waals surface area contributed by atoms with E-state index in [1.807, 2.05) is 30.3 Å². The average Bonchev–Trinajstić information content (AvgIpc) is 2.99. The molecule has 1 fully saturated rings. The van der Waals surface area contributed by atoms with Gasteiger partial charge in [-0.3, -0.25) is 0 Å². The van der Waals surface area contributed by atoms with Crippen LogP contribution >= 0.6 is 0 Å². The fourth-order valence-electron chi connectivity index (χ4n) is 3.03. The number of allylic oxidation sites excluding steroid dienone is 1. The van der Waals surface area contributed by atoms with Gasteiger partial charge < -0.3 is 14.6 Å². The number of ether oxygens (including phenoxy) is 2. The molecule has 1 aliphatic heterocycles. The lowest BCUT2D eigenvalue weighted by atomic mass is 9.87. The van der Waals surface area contributed by atoms with Crippen LogP contribution in [0.1, 0.15) is 37.7 Å². The van der Waals surface area contributed by atoms with Crippen molar-refractivity contribution in [1.82, 2.24) is 0 Å². The van der Waals surface area contributed by atoms with Crippen molar-refractivity contribution in [2.75, 3.05) is 13.2 Å². The first-order valence-corrected chi connectivity index (χ1v) is 6.84. The van der Waals surface area contributed by atoms with E-state index in [1.54, 1.807) is 0 Å². The molecule has 2 aliphatic rings. The van der Waals surface area contributed by atoms with Crippen LogP contribution in [0.25, 0.3) is 0 Å². The average molecular weight is 260 g/mol. The number of hydrogen-bond acceptors (Lipinski definition) is 3. The predicted molar refractivity (Wildman–Crippen MR) is 72.5 cm³/mol. The topological polar surface area (TPSA) is 38.7 Å². The van der Waals surface area contributed by atoms with E-state index in [2.05, 4.69) is 13.8 Å². The van der Waals surface area contributed by atoms with Crippen LogP contribution in [0.4, 0.5) is 0 Å². The Morgan fingerprint density at radius 3 is 2.53 bits per heavy atom. The molecule has 0 amide bonds. The normalized spacial score (nSPS) is 31.7. The van der Waals surface area contributed by atoms with Gasteiger partial charge in [0.15, 0.2) is 6.29 Å². The van der Waals surface area contributed by atoms with Crippen molar-refractivity contribution in [1.29, 1.82) is 0 Å². The van der Waals surface area contributed by atoms with Crippen LogP contribution in [-0.2, 0) is 15.1 Å². The highest BCUT2D eigenvalue weighted by atomic mass is 16.7. The first kappa shape index (κ1) is 12.9. The van der Waals surface area contributed by atoms with Crippen molar-refractivity contribution in [3.8, 4) is 0 Å². The molecule has 1 saturated heterocycles. The molecule has 19 heavy (non-hydrogen) atoms. The number of rotatable bonds is 2. The molecular weight excluding hydrogens is 240 g/mol. The largest absolute Gasteiger partial charge is 0.381 e. The molecule has 2 unspecified atom stereocenters. The van der Waals surface area contributed by atoms with Crippen LogP contribution in [0.2, 0.25) is 0 Å². The molecule has 1 N–H and O–H groups in total. The fourth-order valence-corrected chi connectivity index (χ4v) is 3.03. The summed E-state index contributed by atoms with van der Waals surface area (Å²) in [6.07, 6.45) is 2.36. The fraction of sp³-hybridized carbons (Fsp3) is 0.500. The Morgan fingerprint density at radius 2 is 1.89 bits per heavy atom. The molecule has 3 nitrogen and oxygen atoms in total. The highest BCUT2D eigenvalue weighted by Gasteiger charge is 2.38. The molecule has 2 atom stereocenters. The second-order valence-electron chi connectivity index (χ2n) is 5.58. The Morgan fingerprint density at radius 1 is 1.21 bits per heavy atom. The highest BCUT2D eigenvalue weighted by molar-refractivity contribution is 5.40. The van der Waals surface area contributed by atoms with E-state index in [0.717, 1.165) is 17.5 Å². The van der Waals surface area contributed by atoms with Crippen molar-refractivity contribution >= 4 is 0 Å². The lowest BCUT2D eigenvalue weighted by molar-refractivity contribution is -0.0477. The molecule has 0 radical (unpaired) electrons. The molecule has 3 rings (SSSR count). The van der Waals surface area contributed by atoms with Gasteiger partial charge in [0.2, 0.25) is 0 Å². The summed E-state index contributed by atoms with van der Waals surface area (Å²) in [5.41, 5.74) is 2.20. The minimum atomic E-state index is -0.893. The van der Waals surface area contributed by atoms with Gasteiger partial charge in [0.25, 0.3) is 0 Å². The molecule has 1 heterocycles. The van der Waals surface area contributed by atoms with Crippen LogP contribution in [-0.4, -0.2) is 18.3 Å². The van der Waals surface area contributed by atoms with Gasteiger partial charge in [0, 0.05) is 5.56 Å².